The number of allylic oxidation sites excluding steroid dienone is 3. The summed E-state index contributed by atoms with van der Waals surface area (Å²) in [7, 11) is 0. The van der Waals surface area contributed by atoms with Crippen LogP contribution >= 0.6 is 0 Å². The van der Waals surface area contributed by atoms with Gasteiger partial charge in [-0.15, -0.1) is 0 Å². The number of nitrogens with zero attached hydrogens (tertiary/aromatic N) is 1. The highest BCUT2D eigenvalue weighted by atomic mass is 19.4. The van der Waals surface area contributed by atoms with Gasteiger partial charge in [-0.3, -0.25) is 0 Å². The van der Waals surface area contributed by atoms with Crippen LogP contribution in [0.15, 0.2) is 42.1 Å². The average Bonchev–Trinajstić information content (AvgIpc) is 2.58. The molecule has 1 heterocycles. The van der Waals surface area contributed by atoms with E-state index in [1.807, 2.05) is 4.90 Å². The number of hydrogen-bond donors (Lipinski definition) is 1. The van der Waals surface area contributed by atoms with Crippen molar-refractivity contribution in [2.24, 2.45) is 11.8 Å². The van der Waals surface area contributed by atoms with Gasteiger partial charge in [-0.05, 0) is 42.2 Å². The topological polar surface area (TPSA) is 15.3 Å². The van der Waals surface area contributed by atoms with Crippen molar-refractivity contribution in [1.29, 1.82) is 0 Å². The third-order valence-electron chi connectivity index (χ3n) is 4.64. The first-order valence-corrected chi connectivity index (χ1v) is 8.21. The van der Waals surface area contributed by atoms with E-state index in [1.165, 1.54) is 18.2 Å². The molecule has 136 valence electrons. The van der Waals surface area contributed by atoms with Crippen molar-refractivity contribution in [1.82, 2.24) is 10.2 Å². The molecular weight excluding hydrogens is 339 g/mol. The van der Waals surface area contributed by atoms with Crippen LogP contribution in [0.25, 0.3) is 0 Å². The second-order valence-corrected chi connectivity index (χ2v) is 6.37. The molecule has 0 radical (unpaired) electrons. The quantitative estimate of drug-likeness (QED) is 0.830. The highest BCUT2D eigenvalue weighted by Crippen LogP contribution is 2.39. The van der Waals surface area contributed by atoms with Crippen molar-refractivity contribution < 1.29 is 22.0 Å². The Morgan fingerprint density at radius 2 is 1.80 bits per heavy atom. The number of alkyl halides is 3. The molecule has 0 spiro atoms. The van der Waals surface area contributed by atoms with Crippen LogP contribution in [0, 0.1) is 23.5 Å². The summed E-state index contributed by atoms with van der Waals surface area (Å²) in [6.07, 6.45) is 0.112. The Morgan fingerprint density at radius 1 is 1.08 bits per heavy atom. The van der Waals surface area contributed by atoms with E-state index in [0.29, 0.717) is 24.4 Å². The minimum absolute atomic E-state index is 0.00319. The fourth-order valence-corrected chi connectivity index (χ4v) is 3.31. The maximum Gasteiger partial charge on any atom is 0.395 e. The van der Waals surface area contributed by atoms with Gasteiger partial charge in [-0.25, -0.2) is 8.78 Å². The Kier molecular flexibility index (Phi) is 5.13. The van der Waals surface area contributed by atoms with Crippen LogP contribution in [-0.4, -0.2) is 37.3 Å². The Balaban J connectivity index is 1.80. The van der Waals surface area contributed by atoms with E-state index >= 15 is 0 Å². The molecule has 2 atom stereocenters. The molecule has 0 amide bonds. The molecule has 1 aromatic rings. The van der Waals surface area contributed by atoms with Gasteiger partial charge in [-0.2, -0.15) is 13.2 Å². The van der Waals surface area contributed by atoms with Gasteiger partial charge in [0.05, 0.1) is 5.92 Å². The molecule has 0 saturated carbocycles. The fraction of sp³-hybridized carbons (Fsp3) is 0.444. The summed E-state index contributed by atoms with van der Waals surface area (Å²) >= 11 is 0. The van der Waals surface area contributed by atoms with Gasteiger partial charge >= 0.3 is 6.18 Å². The summed E-state index contributed by atoms with van der Waals surface area (Å²) < 4.78 is 66.9. The molecule has 2 aliphatic rings. The van der Waals surface area contributed by atoms with Crippen LogP contribution in [-0.2, 0) is 6.42 Å². The predicted octanol–water partition coefficient (Wildman–Crippen LogP) is 3.66. The molecule has 0 aromatic heterocycles. The molecule has 1 aromatic carbocycles. The highest BCUT2D eigenvalue weighted by molar-refractivity contribution is 5.28. The lowest BCUT2D eigenvalue weighted by atomic mass is 9.82. The molecule has 0 bridgehead atoms. The van der Waals surface area contributed by atoms with Gasteiger partial charge in [0.25, 0.3) is 0 Å². The van der Waals surface area contributed by atoms with E-state index in [-0.39, 0.29) is 6.42 Å². The minimum atomic E-state index is -4.40. The first kappa shape index (κ1) is 17.9. The van der Waals surface area contributed by atoms with E-state index in [1.54, 1.807) is 6.08 Å². The predicted molar refractivity (Wildman–Crippen MR) is 84.8 cm³/mol. The number of nitrogens with one attached hydrogen (secondary N) is 1. The maximum absolute atomic E-state index is 13.5. The Hall–Kier alpha value is -1.89. The van der Waals surface area contributed by atoms with Gasteiger partial charge in [0.15, 0.2) is 11.6 Å². The molecule has 25 heavy (non-hydrogen) atoms. The van der Waals surface area contributed by atoms with Crippen molar-refractivity contribution in [3.63, 3.8) is 0 Å². The Bertz CT molecular complexity index is 675. The normalized spacial score (nSPS) is 24.4. The molecular formula is C18H19F5N2. The smallest absolute Gasteiger partial charge is 0.369 e. The lowest BCUT2D eigenvalue weighted by Gasteiger charge is -2.35. The first-order valence-electron chi connectivity index (χ1n) is 8.21. The minimum Gasteiger partial charge on any atom is -0.369 e. The van der Waals surface area contributed by atoms with Gasteiger partial charge < -0.3 is 10.2 Å². The van der Waals surface area contributed by atoms with Gasteiger partial charge in [-0.1, -0.05) is 12.1 Å². The molecule has 2 nitrogen and oxygen atoms in total. The molecule has 1 saturated heterocycles. The van der Waals surface area contributed by atoms with E-state index < -0.39 is 29.6 Å². The number of piperazine rings is 1. The van der Waals surface area contributed by atoms with E-state index in [9.17, 15) is 22.0 Å². The second-order valence-electron chi connectivity index (χ2n) is 6.37. The summed E-state index contributed by atoms with van der Waals surface area (Å²) in [5.74, 6) is -4.53. The summed E-state index contributed by atoms with van der Waals surface area (Å²) in [5.41, 5.74) is 0.923. The summed E-state index contributed by atoms with van der Waals surface area (Å²) in [5, 5.41) is 3.17. The average molecular weight is 358 g/mol. The zero-order valence-corrected chi connectivity index (χ0v) is 13.5. The third kappa shape index (κ3) is 4.21. The van der Waals surface area contributed by atoms with Crippen LogP contribution in [0.1, 0.15) is 5.56 Å². The molecule has 1 aliphatic heterocycles. The van der Waals surface area contributed by atoms with Gasteiger partial charge in [0, 0.05) is 31.9 Å². The Labute approximate surface area is 143 Å². The fourth-order valence-electron chi connectivity index (χ4n) is 3.31. The SMILES string of the molecule is Fc1ccc(CC2C=CC(N3CCNCC3)=CC2C(F)(F)F)cc1F. The van der Waals surface area contributed by atoms with E-state index in [0.717, 1.165) is 25.2 Å². The zero-order chi connectivity index (χ0) is 18.0. The van der Waals surface area contributed by atoms with Crippen molar-refractivity contribution in [3.05, 3.63) is 59.3 Å². The molecule has 7 heteroatoms. The van der Waals surface area contributed by atoms with E-state index in [4.69, 9.17) is 0 Å². The number of halogens is 5. The van der Waals surface area contributed by atoms with E-state index in [2.05, 4.69) is 5.32 Å². The summed E-state index contributed by atoms with van der Waals surface area (Å²) in [6.45, 7) is 2.80. The van der Waals surface area contributed by atoms with Gasteiger partial charge in [0.2, 0.25) is 0 Å². The molecule has 3 rings (SSSR count). The number of benzene rings is 1. The highest BCUT2D eigenvalue weighted by Gasteiger charge is 2.44. The van der Waals surface area contributed by atoms with Crippen LogP contribution < -0.4 is 5.32 Å². The molecule has 1 aliphatic carbocycles. The molecule has 1 N–H and O–H groups in total. The van der Waals surface area contributed by atoms with Gasteiger partial charge in [0.1, 0.15) is 0 Å². The second kappa shape index (κ2) is 7.15. The van der Waals surface area contributed by atoms with Crippen molar-refractivity contribution >= 4 is 0 Å². The standard InChI is InChI=1S/C18H19F5N2/c19-16-4-1-12(10-17(16)20)9-13-2-3-14(11-15(13)18(21,22)23)25-7-5-24-6-8-25/h1-4,10-11,13,15,24H,5-9H2. The molecule has 1 fully saturated rings. The maximum atomic E-state index is 13.5. The van der Waals surface area contributed by atoms with Crippen molar-refractivity contribution in [2.75, 3.05) is 26.2 Å². The Morgan fingerprint density at radius 3 is 2.44 bits per heavy atom. The van der Waals surface area contributed by atoms with Crippen LogP contribution in [0.2, 0.25) is 0 Å². The van der Waals surface area contributed by atoms with Crippen molar-refractivity contribution in [2.45, 2.75) is 12.6 Å². The monoisotopic (exact) mass is 358 g/mol. The molecule has 2 unspecified atom stereocenters. The number of rotatable bonds is 3. The third-order valence-corrected chi connectivity index (χ3v) is 4.64. The zero-order valence-electron chi connectivity index (χ0n) is 13.5. The summed E-state index contributed by atoms with van der Waals surface area (Å²) in [4.78, 5) is 1.93. The lowest BCUT2D eigenvalue weighted by molar-refractivity contribution is -0.170. The summed E-state index contributed by atoms with van der Waals surface area (Å²) in [6, 6.07) is 3.24. The van der Waals surface area contributed by atoms with Crippen LogP contribution in [0.5, 0.6) is 0 Å². The van der Waals surface area contributed by atoms with Crippen molar-refractivity contribution in [3.8, 4) is 0 Å². The van der Waals surface area contributed by atoms with Crippen LogP contribution in [0.3, 0.4) is 0 Å². The largest absolute Gasteiger partial charge is 0.395 e. The number of hydrogen-bond acceptors (Lipinski definition) is 2. The van der Waals surface area contributed by atoms with Crippen LogP contribution in [0.4, 0.5) is 22.0 Å². The lowest BCUT2D eigenvalue weighted by Crippen LogP contribution is -2.43. The first-order chi connectivity index (χ1) is 11.8.